The molecule has 3 N–H and O–H groups in total. The van der Waals surface area contributed by atoms with Crippen LogP contribution in [0.5, 0.6) is 0 Å². The predicted octanol–water partition coefficient (Wildman–Crippen LogP) is 3.90. The quantitative estimate of drug-likeness (QED) is 0.663. The molecule has 0 aliphatic rings. The van der Waals surface area contributed by atoms with Gasteiger partial charge < -0.3 is 0 Å². The molecule has 0 spiro atoms. The van der Waals surface area contributed by atoms with E-state index in [4.69, 9.17) is 17.4 Å². The number of thiophene rings is 1. The summed E-state index contributed by atoms with van der Waals surface area (Å²) in [5, 5.41) is 2.74. The van der Waals surface area contributed by atoms with Gasteiger partial charge in [0.25, 0.3) is 0 Å². The highest BCUT2D eigenvalue weighted by atomic mass is 35.5. The second kappa shape index (κ2) is 6.01. The minimum absolute atomic E-state index is 0.105. The number of aryl methyl sites for hydroxylation is 2. The van der Waals surface area contributed by atoms with Crippen LogP contribution in [0.2, 0.25) is 5.02 Å². The maximum Gasteiger partial charge on any atom is 0.123 e. The molecule has 0 aliphatic carbocycles. The molecule has 1 aromatic carbocycles. The minimum Gasteiger partial charge on any atom is -0.271 e. The first kappa shape index (κ1) is 14.5. The van der Waals surface area contributed by atoms with Crippen LogP contribution < -0.4 is 11.3 Å². The van der Waals surface area contributed by atoms with Gasteiger partial charge in [-0.25, -0.2) is 4.39 Å². The van der Waals surface area contributed by atoms with Crippen LogP contribution in [0.4, 0.5) is 4.39 Å². The molecule has 1 heterocycles. The van der Waals surface area contributed by atoms with Gasteiger partial charge in [0.05, 0.1) is 11.1 Å². The van der Waals surface area contributed by atoms with Crippen molar-refractivity contribution in [3.05, 3.63) is 56.0 Å². The smallest absolute Gasteiger partial charge is 0.123 e. The average Bonchev–Trinajstić information content (AvgIpc) is 2.71. The van der Waals surface area contributed by atoms with Gasteiger partial charge in [-0.3, -0.25) is 11.3 Å². The Kier molecular flexibility index (Phi) is 4.58. The lowest BCUT2D eigenvalue weighted by Gasteiger charge is -2.16. The van der Waals surface area contributed by atoms with Crippen molar-refractivity contribution in [2.24, 2.45) is 5.84 Å². The molecule has 0 saturated carbocycles. The van der Waals surface area contributed by atoms with Crippen molar-refractivity contribution in [1.29, 1.82) is 0 Å². The standard InChI is InChI=1S/C14H16ClFN2S/c1-8-3-4-11(16)5-10(8)6-12(18-17)14-13(15)9(2)7-19-14/h3-5,7,12,18H,6,17H2,1-2H3. The molecule has 0 bridgehead atoms. The number of hydrogen-bond donors (Lipinski definition) is 2. The van der Waals surface area contributed by atoms with Gasteiger partial charge in [0, 0.05) is 4.88 Å². The molecule has 0 fully saturated rings. The van der Waals surface area contributed by atoms with E-state index in [0.29, 0.717) is 6.42 Å². The van der Waals surface area contributed by atoms with E-state index < -0.39 is 0 Å². The number of hydrogen-bond acceptors (Lipinski definition) is 3. The molecule has 5 heteroatoms. The lowest BCUT2D eigenvalue weighted by molar-refractivity contribution is 0.555. The highest BCUT2D eigenvalue weighted by Gasteiger charge is 2.18. The van der Waals surface area contributed by atoms with Gasteiger partial charge in [0.2, 0.25) is 0 Å². The fourth-order valence-electron chi connectivity index (χ4n) is 1.99. The SMILES string of the molecule is Cc1ccc(F)cc1CC(NN)c1scc(C)c1Cl. The van der Waals surface area contributed by atoms with E-state index in [1.807, 2.05) is 19.2 Å². The van der Waals surface area contributed by atoms with Crippen molar-refractivity contribution >= 4 is 22.9 Å². The van der Waals surface area contributed by atoms with Gasteiger partial charge in [-0.05, 0) is 54.5 Å². The largest absolute Gasteiger partial charge is 0.271 e. The van der Waals surface area contributed by atoms with Crippen molar-refractivity contribution in [1.82, 2.24) is 5.43 Å². The van der Waals surface area contributed by atoms with Crippen LogP contribution in [0.3, 0.4) is 0 Å². The Hall–Kier alpha value is -0.940. The molecule has 0 saturated heterocycles. The Balaban J connectivity index is 2.29. The molecule has 1 atom stereocenters. The fraction of sp³-hybridized carbons (Fsp3) is 0.286. The highest BCUT2D eigenvalue weighted by Crippen LogP contribution is 2.34. The zero-order valence-electron chi connectivity index (χ0n) is 10.8. The first-order valence-electron chi connectivity index (χ1n) is 5.97. The Bertz CT molecular complexity index is 583. The molecular formula is C14H16ClFN2S. The summed E-state index contributed by atoms with van der Waals surface area (Å²) in [5.74, 6) is 5.39. The maximum absolute atomic E-state index is 13.3. The Morgan fingerprint density at radius 2 is 2.11 bits per heavy atom. The van der Waals surface area contributed by atoms with E-state index >= 15 is 0 Å². The van der Waals surface area contributed by atoms with Gasteiger partial charge in [-0.15, -0.1) is 11.3 Å². The van der Waals surface area contributed by atoms with E-state index in [9.17, 15) is 4.39 Å². The first-order valence-corrected chi connectivity index (χ1v) is 7.23. The van der Waals surface area contributed by atoms with Crippen LogP contribution in [-0.2, 0) is 6.42 Å². The summed E-state index contributed by atoms with van der Waals surface area (Å²) in [6.45, 7) is 3.92. The minimum atomic E-state index is -0.232. The first-order chi connectivity index (χ1) is 9.02. The molecule has 2 aromatic rings. The van der Waals surface area contributed by atoms with Crippen LogP contribution in [0.15, 0.2) is 23.6 Å². The number of benzene rings is 1. The van der Waals surface area contributed by atoms with E-state index in [0.717, 1.165) is 26.6 Å². The molecule has 102 valence electrons. The number of halogens is 2. The van der Waals surface area contributed by atoms with Crippen LogP contribution in [-0.4, -0.2) is 0 Å². The Morgan fingerprint density at radius 3 is 2.68 bits per heavy atom. The van der Waals surface area contributed by atoms with Gasteiger partial charge >= 0.3 is 0 Å². The molecule has 2 rings (SSSR count). The molecule has 2 nitrogen and oxygen atoms in total. The van der Waals surface area contributed by atoms with Crippen LogP contribution in [0.1, 0.15) is 27.6 Å². The third-order valence-corrected chi connectivity index (χ3v) is 5.01. The number of hydrazine groups is 1. The van der Waals surface area contributed by atoms with Crippen molar-refractivity contribution in [2.45, 2.75) is 26.3 Å². The van der Waals surface area contributed by atoms with Crippen molar-refractivity contribution in [3.63, 3.8) is 0 Å². The van der Waals surface area contributed by atoms with E-state index in [-0.39, 0.29) is 11.9 Å². The van der Waals surface area contributed by atoms with Gasteiger partial charge in [0.1, 0.15) is 5.82 Å². The van der Waals surface area contributed by atoms with Gasteiger partial charge in [-0.2, -0.15) is 0 Å². The molecule has 1 unspecified atom stereocenters. The number of nitrogens with two attached hydrogens (primary N) is 1. The lowest BCUT2D eigenvalue weighted by atomic mass is 10.00. The van der Waals surface area contributed by atoms with Crippen LogP contribution in [0, 0.1) is 19.7 Å². The number of nitrogens with one attached hydrogen (secondary N) is 1. The molecule has 0 amide bonds. The number of rotatable bonds is 4. The molecular weight excluding hydrogens is 283 g/mol. The zero-order chi connectivity index (χ0) is 14.0. The molecule has 0 radical (unpaired) electrons. The molecule has 19 heavy (non-hydrogen) atoms. The normalized spacial score (nSPS) is 12.7. The predicted molar refractivity (Wildman–Crippen MR) is 79.0 cm³/mol. The summed E-state index contributed by atoms with van der Waals surface area (Å²) in [6.07, 6.45) is 0.611. The summed E-state index contributed by atoms with van der Waals surface area (Å²) in [7, 11) is 0. The van der Waals surface area contributed by atoms with E-state index in [2.05, 4.69) is 5.43 Å². The average molecular weight is 299 g/mol. The maximum atomic E-state index is 13.3. The van der Waals surface area contributed by atoms with Crippen molar-refractivity contribution in [3.8, 4) is 0 Å². The molecule has 1 aromatic heterocycles. The second-order valence-corrected chi connectivity index (χ2v) is 5.88. The third-order valence-electron chi connectivity index (χ3n) is 3.18. The van der Waals surface area contributed by atoms with Crippen LogP contribution in [0.25, 0.3) is 0 Å². The van der Waals surface area contributed by atoms with Crippen LogP contribution >= 0.6 is 22.9 Å². The Morgan fingerprint density at radius 1 is 1.37 bits per heavy atom. The van der Waals surface area contributed by atoms with Gasteiger partial charge in [0.15, 0.2) is 0 Å². The summed E-state index contributed by atoms with van der Waals surface area (Å²) in [6, 6.07) is 4.69. The zero-order valence-corrected chi connectivity index (χ0v) is 12.4. The monoisotopic (exact) mass is 298 g/mol. The van der Waals surface area contributed by atoms with E-state index in [1.165, 1.54) is 6.07 Å². The van der Waals surface area contributed by atoms with Crippen molar-refractivity contribution < 1.29 is 4.39 Å². The summed E-state index contributed by atoms with van der Waals surface area (Å²) < 4.78 is 13.3. The fourth-order valence-corrected chi connectivity index (χ4v) is 3.38. The summed E-state index contributed by atoms with van der Waals surface area (Å²) >= 11 is 7.83. The summed E-state index contributed by atoms with van der Waals surface area (Å²) in [4.78, 5) is 0.991. The second-order valence-electron chi connectivity index (χ2n) is 4.59. The van der Waals surface area contributed by atoms with E-state index in [1.54, 1.807) is 23.5 Å². The lowest BCUT2D eigenvalue weighted by Crippen LogP contribution is -2.29. The Labute approximate surface area is 121 Å². The third kappa shape index (κ3) is 3.15. The summed E-state index contributed by atoms with van der Waals surface area (Å²) in [5.41, 5.74) is 5.79. The van der Waals surface area contributed by atoms with Gasteiger partial charge in [-0.1, -0.05) is 17.7 Å². The highest BCUT2D eigenvalue weighted by molar-refractivity contribution is 7.10. The van der Waals surface area contributed by atoms with Crippen molar-refractivity contribution in [2.75, 3.05) is 0 Å². The molecule has 0 aliphatic heterocycles. The topological polar surface area (TPSA) is 38.0 Å².